The molecule has 154 valence electrons. The maximum atomic E-state index is 12.9. The molecule has 4 aromatic rings. The van der Waals surface area contributed by atoms with E-state index in [1.165, 1.54) is 0 Å². The fourth-order valence-electron chi connectivity index (χ4n) is 3.25. The molecule has 5 heteroatoms. The molecule has 0 aliphatic rings. The van der Waals surface area contributed by atoms with Crippen LogP contribution in [0.2, 0.25) is 0 Å². The maximum Gasteiger partial charge on any atom is 0.272 e. The van der Waals surface area contributed by atoms with Crippen LogP contribution in [0, 0.1) is 0 Å². The van der Waals surface area contributed by atoms with Crippen molar-refractivity contribution in [1.82, 2.24) is 10.4 Å². The fourth-order valence-corrected chi connectivity index (χ4v) is 3.25. The molecule has 0 radical (unpaired) electrons. The van der Waals surface area contributed by atoms with Crippen LogP contribution in [0.15, 0.2) is 90.0 Å². The highest BCUT2D eigenvalue weighted by Crippen LogP contribution is 2.24. The van der Waals surface area contributed by atoms with Crippen LogP contribution in [0.3, 0.4) is 0 Å². The first kappa shape index (κ1) is 20.3. The smallest absolute Gasteiger partial charge is 0.272 e. The summed E-state index contributed by atoms with van der Waals surface area (Å²) in [6.07, 6.45) is 1.73. The zero-order valence-corrected chi connectivity index (χ0v) is 17.4. The van der Waals surface area contributed by atoms with Gasteiger partial charge in [0.1, 0.15) is 5.75 Å². The number of amides is 1. The van der Waals surface area contributed by atoms with Gasteiger partial charge in [0.05, 0.1) is 29.1 Å². The molecule has 0 fully saturated rings. The monoisotopic (exact) mass is 409 g/mol. The van der Waals surface area contributed by atoms with Gasteiger partial charge in [0.15, 0.2) is 0 Å². The Labute approximate surface area is 181 Å². The van der Waals surface area contributed by atoms with Gasteiger partial charge in [0.2, 0.25) is 0 Å². The molecule has 0 bridgehead atoms. The molecule has 4 rings (SSSR count). The number of hydrogen-bond acceptors (Lipinski definition) is 4. The molecule has 1 heterocycles. The Kier molecular flexibility index (Phi) is 6.03. The van der Waals surface area contributed by atoms with Crippen molar-refractivity contribution in [3.63, 3.8) is 0 Å². The first-order valence-electron chi connectivity index (χ1n) is 10.2. The Morgan fingerprint density at radius 1 is 0.968 bits per heavy atom. The standard InChI is InChI=1S/C26H23N3O2/c1-18(2)31-21-14-12-19(13-15-21)17-27-29-26(30)23-16-25(20-8-4-3-5-9-20)28-24-11-7-6-10-22(23)24/h3-18H,1-2H3,(H,29,30)/b27-17+. The predicted molar refractivity (Wildman–Crippen MR) is 124 cm³/mol. The summed E-state index contributed by atoms with van der Waals surface area (Å²) < 4.78 is 5.64. The second kappa shape index (κ2) is 9.22. The summed E-state index contributed by atoms with van der Waals surface area (Å²) in [5.74, 6) is 0.514. The molecular weight excluding hydrogens is 386 g/mol. The molecule has 5 nitrogen and oxygen atoms in total. The average molecular weight is 409 g/mol. The third-order valence-electron chi connectivity index (χ3n) is 4.66. The van der Waals surface area contributed by atoms with E-state index in [1.54, 1.807) is 12.3 Å². The van der Waals surface area contributed by atoms with Crippen molar-refractivity contribution in [2.24, 2.45) is 5.10 Å². The van der Waals surface area contributed by atoms with Crippen molar-refractivity contribution in [2.75, 3.05) is 0 Å². The van der Waals surface area contributed by atoms with E-state index in [0.717, 1.165) is 33.5 Å². The van der Waals surface area contributed by atoms with Crippen molar-refractivity contribution < 1.29 is 9.53 Å². The summed E-state index contributed by atoms with van der Waals surface area (Å²) >= 11 is 0. The minimum Gasteiger partial charge on any atom is -0.491 e. The molecule has 31 heavy (non-hydrogen) atoms. The number of benzene rings is 3. The van der Waals surface area contributed by atoms with E-state index in [2.05, 4.69) is 10.5 Å². The van der Waals surface area contributed by atoms with Crippen LogP contribution in [-0.2, 0) is 0 Å². The Balaban J connectivity index is 1.56. The van der Waals surface area contributed by atoms with Gasteiger partial charge in [-0.05, 0) is 55.8 Å². The van der Waals surface area contributed by atoms with E-state index in [-0.39, 0.29) is 12.0 Å². The second-order valence-corrected chi connectivity index (χ2v) is 7.37. The van der Waals surface area contributed by atoms with Crippen molar-refractivity contribution >= 4 is 23.0 Å². The third-order valence-corrected chi connectivity index (χ3v) is 4.66. The van der Waals surface area contributed by atoms with Crippen LogP contribution in [0.1, 0.15) is 29.8 Å². The van der Waals surface area contributed by atoms with Gasteiger partial charge in [-0.25, -0.2) is 10.4 Å². The Morgan fingerprint density at radius 3 is 2.42 bits per heavy atom. The van der Waals surface area contributed by atoms with Crippen LogP contribution >= 0.6 is 0 Å². The van der Waals surface area contributed by atoms with Crippen LogP contribution < -0.4 is 10.2 Å². The highest BCUT2D eigenvalue weighted by molar-refractivity contribution is 6.07. The molecule has 3 aromatic carbocycles. The number of carbonyl (C=O) groups is 1. The lowest BCUT2D eigenvalue weighted by atomic mass is 10.0. The summed E-state index contributed by atoms with van der Waals surface area (Å²) in [5.41, 5.74) is 6.49. The van der Waals surface area contributed by atoms with Gasteiger partial charge in [0.25, 0.3) is 5.91 Å². The minimum absolute atomic E-state index is 0.120. The number of carbonyl (C=O) groups excluding carboxylic acids is 1. The molecular formula is C26H23N3O2. The summed E-state index contributed by atoms with van der Waals surface area (Å²) in [5, 5.41) is 4.91. The Bertz CT molecular complexity index is 1220. The predicted octanol–water partition coefficient (Wildman–Crippen LogP) is 5.45. The highest BCUT2D eigenvalue weighted by atomic mass is 16.5. The molecule has 0 saturated heterocycles. The number of nitrogens with zero attached hydrogens (tertiary/aromatic N) is 2. The van der Waals surface area contributed by atoms with Crippen LogP contribution in [0.4, 0.5) is 0 Å². The van der Waals surface area contributed by atoms with E-state index in [4.69, 9.17) is 9.72 Å². The summed E-state index contributed by atoms with van der Waals surface area (Å²) in [6.45, 7) is 3.97. The number of ether oxygens (including phenoxy) is 1. The van der Waals surface area contributed by atoms with Gasteiger partial charge in [-0.15, -0.1) is 0 Å². The van der Waals surface area contributed by atoms with Crippen molar-refractivity contribution in [2.45, 2.75) is 20.0 Å². The minimum atomic E-state index is -0.285. The van der Waals surface area contributed by atoms with E-state index >= 15 is 0 Å². The van der Waals surface area contributed by atoms with Crippen molar-refractivity contribution in [1.29, 1.82) is 0 Å². The molecule has 0 spiro atoms. The van der Waals surface area contributed by atoms with Crippen molar-refractivity contribution in [3.05, 3.63) is 96.1 Å². The molecule has 1 aromatic heterocycles. The van der Waals surface area contributed by atoms with Gasteiger partial charge >= 0.3 is 0 Å². The summed E-state index contributed by atoms with van der Waals surface area (Å²) in [6, 6.07) is 26.8. The number of hydrogen-bond donors (Lipinski definition) is 1. The van der Waals surface area contributed by atoms with Gasteiger partial charge in [-0.3, -0.25) is 4.79 Å². The number of para-hydroxylation sites is 1. The Morgan fingerprint density at radius 2 is 1.68 bits per heavy atom. The van der Waals surface area contributed by atoms with Gasteiger partial charge in [-0.1, -0.05) is 48.5 Å². The summed E-state index contributed by atoms with van der Waals surface area (Å²) in [4.78, 5) is 17.6. The number of hydrazone groups is 1. The number of rotatable bonds is 6. The van der Waals surface area contributed by atoms with Crippen LogP contribution in [0.25, 0.3) is 22.2 Å². The topological polar surface area (TPSA) is 63.6 Å². The van der Waals surface area contributed by atoms with Gasteiger partial charge < -0.3 is 4.74 Å². The van der Waals surface area contributed by atoms with Gasteiger partial charge in [0, 0.05) is 10.9 Å². The molecule has 1 amide bonds. The quantitative estimate of drug-likeness (QED) is 0.340. The molecule has 0 aliphatic carbocycles. The fraction of sp³-hybridized carbons (Fsp3) is 0.115. The summed E-state index contributed by atoms with van der Waals surface area (Å²) in [7, 11) is 0. The third kappa shape index (κ3) is 4.95. The first-order valence-corrected chi connectivity index (χ1v) is 10.2. The van der Waals surface area contributed by atoms with E-state index in [9.17, 15) is 4.79 Å². The lowest BCUT2D eigenvalue weighted by molar-refractivity contribution is 0.0956. The highest BCUT2D eigenvalue weighted by Gasteiger charge is 2.13. The number of aromatic nitrogens is 1. The van der Waals surface area contributed by atoms with E-state index in [0.29, 0.717) is 5.56 Å². The molecule has 0 saturated carbocycles. The normalized spacial score (nSPS) is 11.2. The maximum absolute atomic E-state index is 12.9. The average Bonchev–Trinajstić information content (AvgIpc) is 2.79. The molecule has 0 unspecified atom stereocenters. The second-order valence-electron chi connectivity index (χ2n) is 7.37. The Hall–Kier alpha value is -3.99. The van der Waals surface area contributed by atoms with Crippen LogP contribution in [-0.4, -0.2) is 23.2 Å². The molecule has 0 aliphatic heterocycles. The van der Waals surface area contributed by atoms with Crippen LogP contribution in [0.5, 0.6) is 5.75 Å². The number of pyridine rings is 1. The largest absolute Gasteiger partial charge is 0.491 e. The SMILES string of the molecule is CC(C)Oc1ccc(/C=N/NC(=O)c2cc(-c3ccccc3)nc3ccccc23)cc1. The zero-order chi connectivity index (χ0) is 21.6. The van der Waals surface area contributed by atoms with E-state index < -0.39 is 0 Å². The first-order chi connectivity index (χ1) is 15.1. The number of fused-ring (bicyclic) bond motifs is 1. The lowest BCUT2D eigenvalue weighted by Gasteiger charge is -2.09. The molecule has 0 atom stereocenters. The molecule has 1 N–H and O–H groups in total. The lowest BCUT2D eigenvalue weighted by Crippen LogP contribution is -2.18. The van der Waals surface area contributed by atoms with Gasteiger partial charge in [-0.2, -0.15) is 5.10 Å². The zero-order valence-electron chi connectivity index (χ0n) is 17.4. The van der Waals surface area contributed by atoms with Crippen molar-refractivity contribution in [3.8, 4) is 17.0 Å². The van der Waals surface area contributed by atoms with E-state index in [1.807, 2.05) is 92.7 Å². The number of nitrogens with one attached hydrogen (secondary N) is 1.